The largest absolute Gasteiger partial charge is 0.384 e. The fourth-order valence-corrected chi connectivity index (χ4v) is 3.63. The maximum atomic E-state index is 14.6. The van der Waals surface area contributed by atoms with Crippen LogP contribution in [0.4, 0.5) is 16.0 Å². The number of anilines is 2. The Morgan fingerprint density at radius 1 is 1.35 bits per heavy atom. The number of rotatable bonds is 2. The molecule has 4 rings (SSSR count). The zero-order valence-electron chi connectivity index (χ0n) is 11.8. The lowest BCUT2D eigenvalue weighted by molar-refractivity contribution is 0.122. The number of hydrogen-bond donors (Lipinski definition) is 2. The molecule has 1 aliphatic heterocycles. The van der Waals surface area contributed by atoms with E-state index in [1.807, 2.05) is 11.0 Å². The van der Waals surface area contributed by atoms with Crippen molar-refractivity contribution in [3.63, 3.8) is 0 Å². The Balaban J connectivity index is 1.72. The van der Waals surface area contributed by atoms with E-state index in [-0.39, 0.29) is 12.0 Å². The van der Waals surface area contributed by atoms with Gasteiger partial charge < -0.3 is 10.6 Å². The minimum Gasteiger partial charge on any atom is -0.384 e. The SMILES string of the molecule is Cc1c(C2CC2)cc(N)nc1N1CC(N)(F)C2(CC2)C1. The van der Waals surface area contributed by atoms with Crippen LogP contribution in [0.3, 0.4) is 0 Å². The maximum Gasteiger partial charge on any atom is 0.184 e. The molecule has 0 aromatic carbocycles. The minimum absolute atomic E-state index is 0.231. The van der Waals surface area contributed by atoms with Gasteiger partial charge in [-0.3, -0.25) is 5.73 Å². The first-order valence-electron chi connectivity index (χ1n) is 7.42. The van der Waals surface area contributed by atoms with Crippen molar-refractivity contribution < 1.29 is 4.39 Å². The lowest BCUT2D eigenvalue weighted by atomic mass is 9.99. The molecule has 1 unspecified atom stereocenters. The molecule has 4 N–H and O–H groups in total. The van der Waals surface area contributed by atoms with E-state index in [9.17, 15) is 4.39 Å². The summed E-state index contributed by atoms with van der Waals surface area (Å²) in [7, 11) is 0. The average molecular weight is 276 g/mol. The predicted molar refractivity (Wildman–Crippen MR) is 77.3 cm³/mol. The third-order valence-corrected chi connectivity index (χ3v) is 5.27. The molecule has 0 bridgehead atoms. The number of pyridine rings is 1. The molecule has 1 atom stereocenters. The Morgan fingerprint density at radius 3 is 2.60 bits per heavy atom. The third kappa shape index (κ3) is 1.65. The Morgan fingerprint density at radius 2 is 2.05 bits per heavy atom. The Hall–Kier alpha value is -1.36. The van der Waals surface area contributed by atoms with Crippen LogP contribution in [0, 0.1) is 12.3 Å². The first kappa shape index (κ1) is 12.4. The van der Waals surface area contributed by atoms with Gasteiger partial charge >= 0.3 is 0 Å². The Kier molecular flexibility index (Phi) is 2.25. The van der Waals surface area contributed by atoms with Crippen molar-refractivity contribution in [3.8, 4) is 0 Å². The van der Waals surface area contributed by atoms with Crippen LogP contribution in [0.2, 0.25) is 0 Å². The molecule has 1 saturated heterocycles. The van der Waals surface area contributed by atoms with Gasteiger partial charge in [-0.1, -0.05) is 0 Å². The summed E-state index contributed by atoms with van der Waals surface area (Å²) in [6.07, 6.45) is 4.20. The van der Waals surface area contributed by atoms with E-state index >= 15 is 0 Å². The molecule has 1 spiro atoms. The second-order valence-electron chi connectivity index (χ2n) is 6.86. The monoisotopic (exact) mass is 276 g/mol. The quantitative estimate of drug-likeness (QED) is 0.811. The molecule has 108 valence electrons. The summed E-state index contributed by atoms with van der Waals surface area (Å²) >= 11 is 0. The van der Waals surface area contributed by atoms with Gasteiger partial charge in [0.15, 0.2) is 5.79 Å². The summed E-state index contributed by atoms with van der Waals surface area (Å²) in [5, 5.41) is 0. The number of aromatic nitrogens is 1. The van der Waals surface area contributed by atoms with E-state index in [0.29, 0.717) is 18.3 Å². The van der Waals surface area contributed by atoms with Crippen molar-refractivity contribution in [1.82, 2.24) is 4.98 Å². The Bertz CT molecular complexity index is 569. The molecule has 0 amide bonds. The normalized spacial score (nSPS) is 31.1. The van der Waals surface area contributed by atoms with Gasteiger partial charge in [0.1, 0.15) is 11.6 Å². The highest BCUT2D eigenvalue weighted by Gasteiger charge is 2.64. The second kappa shape index (κ2) is 3.64. The van der Waals surface area contributed by atoms with Crippen LogP contribution in [0.25, 0.3) is 0 Å². The number of nitrogens with two attached hydrogens (primary N) is 2. The highest BCUT2D eigenvalue weighted by atomic mass is 19.1. The molecule has 1 aromatic rings. The molecule has 3 fully saturated rings. The molecular weight excluding hydrogens is 255 g/mol. The molecule has 4 nitrogen and oxygen atoms in total. The van der Waals surface area contributed by atoms with Gasteiger partial charge in [-0.05, 0) is 55.7 Å². The van der Waals surface area contributed by atoms with Crippen molar-refractivity contribution in [1.29, 1.82) is 0 Å². The van der Waals surface area contributed by atoms with Crippen LogP contribution in [0.5, 0.6) is 0 Å². The van der Waals surface area contributed by atoms with Crippen LogP contribution in [0.15, 0.2) is 6.07 Å². The molecule has 2 saturated carbocycles. The predicted octanol–water partition coefficient (Wildman–Crippen LogP) is 2.07. The summed E-state index contributed by atoms with van der Waals surface area (Å²) in [6.45, 7) is 2.97. The summed E-state index contributed by atoms with van der Waals surface area (Å²) in [6, 6.07) is 1.98. The number of nitrogens with zero attached hydrogens (tertiary/aromatic N) is 2. The first-order chi connectivity index (χ1) is 9.42. The summed E-state index contributed by atoms with van der Waals surface area (Å²) < 4.78 is 14.6. The molecule has 2 aliphatic carbocycles. The zero-order chi connectivity index (χ0) is 14.1. The molecular formula is C15H21FN4. The van der Waals surface area contributed by atoms with Crippen LogP contribution >= 0.6 is 0 Å². The van der Waals surface area contributed by atoms with E-state index in [0.717, 1.165) is 24.2 Å². The van der Waals surface area contributed by atoms with E-state index in [4.69, 9.17) is 11.5 Å². The smallest absolute Gasteiger partial charge is 0.184 e. The Labute approximate surface area is 118 Å². The van der Waals surface area contributed by atoms with E-state index in [2.05, 4.69) is 11.9 Å². The van der Waals surface area contributed by atoms with Gasteiger partial charge in [0.2, 0.25) is 0 Å². The van der Waals surface area contributed by atoms with Crippen LogP contribution in [-0.4, -0.2) is 23.9 Å². The van der Waals surface area contributed by atoms with Crippen molar-refractivity contribution >= 4 is 11.6 Å². The highest BCUT2D eigenvalue weighted by molar-refractivity contribution is 5.58. The fraction of sp³-hybridized carbons (Fsp3) is 0.667. The molecule has 2 heterocycles. The van der Waals surface area contributed by atoms with E-state index in [1.165, 1.54) is 18.4 Å². The van der Waals surface area contributed by atoms with Gasteiger partial charge in [-0.25, -0.2) is 9.37 Å². The third-order valence-electron chi connectivity index (χ3n) is 5.27. The number of nitrogen functional groups attached to an aromatic ring is 1. The van der Waals surface area contributed by atoms with E-state index < -0.39 is 5.79 Å². The lowest BCUT2D eigenvalue weighted by Gasteiger charge is -2.22. The molecule has 20 heavy (non-hydrogen) atoms. The number of alkyl halides is 1. The zero-order valence-corrected chi connectivity index (χ0v) is 11.8. The van der Waals surface area contributed by atoms with Gasteiger partial charge in [0.05, 0.1) is 6.54 Å². The average Bonchev–Trinajstić information content (AvgIpc) is 3.21. The lowest BCUT2D eigenvalue weighted by Crippen LogP contribution is -2.44. The van der Waals surface area contributed by atoms with Gasteiger partial charge in [-0.2, -0.15) is 0 Å². The standard InChI is InChI=1S/C15H21FN4/c1-9-11(10-2-3-10)6-12(17)19-13(9)20-7-14(4-5-14)15(16,18)8-20/h6,10H,2-5,7-8,18H2,1H3,(H2,17,19). The fourth-order valence-electron chi connectivity index (χ4n) is 3.63. The topological polar surface area (TPSA) is 68.2 Å². The summed E-state index contributed by atoms with van der Waals surface area (Å²) in [5.41, 5.74) is 13.9. The molecule has 5 heteroatoms. The van der Waals surface area contributed by atoms with Crippen molar-refractivity contribution in [2.75, 3.05) is 23.7 Å². The molecule has 1 aromatic heterocycles. The summed E-state index contributed by atoms with van der Waals surface area (Å²) in [5.74, 6) is 0.393. The minimum atomic E-state index is -1.59. The molecule has 0 radical (unpaired) electrons. The number of halogens is 1. The van der Waals surface area contributed by atoms with Crippen molar-refractivity contribution in [2.24, 2.45) is 11.1 Å². The summed E-state index contributed by atoms with van der Waals surface area (Å²) in [4.78, 5) is 6.47. The number of hydrogen-bond acceptors (Lipinski definition) is 4. The van der Waals surface area contributed by atoms with Crippen LogP contribution in [-0.2, 0) is 0 Å². The second-order valence-corrected chi connectivity index (χ2v) is 6.86. The van der Waals surface area contributed by atoms with Gasteiger partial charge in [0.25, 0.3) is 0 Å². The maximum absolute atomic E-state index is 14.6. The van der Waals surface area contributed by atoms with Crippen molar-refractivity contribution in [2.45, 2.75) is 44.3 Å². The van der Waals surface area contributed by atoms with Crippen LogP contribution in [0.1, 0.15) is 42.7 Å². The van der Waals surface area contributed by atoms with Crippen molar-refractivity contribution in [3.05, 3.63) is 17.2 Å². The van der Waals surface area contributed by atoms with Crippen LogP contribution < -0.4 is 16.4 Å². The molecule has 3 aliphatic rings. The van der Waals surface area contributed by atoms with E-state index in [1.54, 1.807) is 0 Å². The van der Waals surface area contributed by atoms with Gasteiger partial charge in [-0.15, -0.1) is 0 Å². The van der Waals surface area contributed by atoms with Gasteiger partial charge in [0, 0.05) is 12.0 Å². The first-order valence-corrected chi connectivity index (χ1v) is 7.42. The highest BCUT2D eigenvalue weighted by Crippen LogP contribution is 2.58.